The molecule has 4 fully saturated rings. The van der Waals surface area contributed by atoms with Crippen LogP contribution in [0.25, 0.3) is 0 Å². The van der Waals surface area contributed by atoms with Crippen molar-refractivity contribution in [1.82, 2.24) is 5.32 Å². The first kappa shape index (κ1) is 41.2. The van der Waals surface area contributed by atoms with E-state index in [0.29, 0.717) is 41.5 Å². The summed E-state index contributed by atoms with van der Waals surface area (Å²) in [6.45, 7) is 7.08. The molecule has 0 saturated heterocycles. The Bertz CT molecular complexity index is 1570. The maximum atomic E-state index is 6.36. The maximum Gasteiger partial charge on any atom is 0.0284 e. The van der Waals surface area contributed by atoms with Gasteiger partial charge in [0.15, 0.2) is 0 Å². The molecular weight excluding hydrogens is 701 g/mol. The van der Waals surface area contributed by atoms with Crippen LogP contribution in [0.15, 0.2) is 97.2 Å². The number of fused-ring (bicyclic) bond motifs is 3. The van der Waals surface area contributed by atoms with Crippen molar-refractivity contribution >= 4 is 0 Å². The Labute approximate surface area is 355 Å². The average Bonchev–Trinajstić information content (AvgIpc) is 3.30. The lowest BCUT2D eigenvalue weighted by Gasteiger charge is -2.51. The lowest BCUT2D eigenvalue weighted by atomic mass is 9.54. The molecule has 0 amide bonds. The Kier molecular flexibility index (Phi) is 13.7. The van der Waals surface area contributed by atoms with E-state index < -0.39 is 0 Å². The SMILES string of the molecule is CCC(CN)C1CCC(C2CCC(C(C)C3C=CC=CC3C(CNC3C=CCC4C=CCCC43)C3CCC(C4CCCCC4)C4C=CC=CC43)CC2)C2C=CC=CC21. The van der Waals surface area contributed by atoms with Gasteiger partial charge in [0.1, 0.15) is 0 Å². The van der Waals surface area contributed by atoms with E-state index in [-0.39, 0.29) is 0 Å². The van der Waals surface area contributed by atoms with Crippen LogP contribution in [0.2, 0.25) is 0 Å². The lowest BCUT2D eigenvalue weighted by molar-refractivity contribution is 0.0264. The van der Waals surface area contributed by atoms with E-state index in [1.807, 2.05) is 0 Å². The van der Waals surface area contributed by atoms with E-state index in [4.69, 9.17) is 5.73 Å². The van der Waals surface area contributed by atoms with Gasteiger partial charge in [-0.3, -0.25) is 0 Å². The monoisotopic (exact) mass is 783 g/mol. The molecule has 4 saturated carbocycles. The number of rotatable bonds is 12. The van der Waals surface area contributed by atoms with E-state index in [9.17, 15) is 0 Å². The minimum absolute atomic E-state index is 0.518. The minimum atomic E-state index is 0.518. The third-order valence-electron chi connectivity index (χ3n) is 19.2. The molecule has 0 aromatic carbocycles. The molecule has 9 rings (SSSR count). The number of nitrogens with two attached hydrogens (primary N) is 1. The van der Waals surface area contributed by atoms with Gasteiger partial charge in [-0.2, -0.15) is 0 Å². The molecule has 9 aliphatic rings. The molecular formula is C56H82N2. The van der Waals surface area contributed by atoms with Crippen LogP contribution in [0.1, 0.15) is 123 Å². The number of hydrogen-bond acceptors (Lipinski definition) is 2. The Morgan fingerprint density at radius 2 is 1.19 bits per heavy atom. The van der Waals surface area contributed by atoms with Gasteiger partial charge >= 0.3 is 0 Å². The van der Waals surface area contributed by atoms with Crippen LogP contribution in [-0.4, -0.2) is 19.1 Å². The molecule has 0 aliphatic heterocycles. The smallest absolute Gasteiger partial charge is 0.0284 e. The van der Waals surface area contributed by atoms with Crippen molar-refractivity contribution in [3.8, 4) is 0 Å². The van der Waals surface area contributed by atoms with E-state index in [1.165, 1.54) is 109 Å². The molecule has 0 aromatic rings. The maximum absolute atomic E-state index is 6.36. The van der Waals surface area contributed by atoms with Crippen LogP contribution < -0.4 is 11.1 Å². The molecule has 0 aromatic heterocycles. The summed E-state index contributed by atoms with van der Waals surface area (Å²) in [6, 6.07) is 0.518. The highest BCUT2D eigenvalue weighted by Crippen LogP contribution is 2.55. The number of hydrogen-bond donors (Lipinski definition) is 2. The third kappa shape index (κ3) is 8.52. The Balaban J connectivity index is 0.920. The van der Waals surface area contributed by atoms with Gasteiger partial charge in [0, 0.05) is 6.04 Å². The van der Waals surface area contributed by atoms with Crippen LogP contribution in [0, 0.1) is 107 Å². The summed E-state index contributed by atoms with van der Waals surface area (Å²) < 4.78 is 0. The van der Waals surface area contributed by atoms with Gasteiger partial charge in [-0.1, -0.05) is 150 Å². The van der Waals surface area contributed by atoms with Crippen molar-refractivity contribution in [3.05, 3.63) is 97.2 Å². The molecule has 16 unspecified atom stereocenters. The van der Waals surface area contributed by atoms with E-state index in [0.717, 1.165) is 84.1 Å². The van der Waals surface area contributed by atoms with E-state index in [1.54, 1.807) is 0 Å². The summed E-state index contributed by atoms with van der Waals surface area (Å²) in [7, 11) is 0. The summed E-state index contributed by atoms with van der Waals surface area (Å²) >= 11 is 0. The molecule has 0 bridgehead atoms. The molecule has 0 spiro atoms. The van der Waals surface area contributed by atoms with Crippen molar-refractivity contribution in [2.24, 2.45) is 112 Å². The fraction of sp³-hybridized carbons (Fsp3) is 0.714. The van der Waals surface area contributed by atoms with Gasteiger partial charge in [0.25, 0.3) is 0 Å². The van der Waals surface area contributed by atoms with Crippen LogP contribution in [0.3, 0.4) is 0 Å². The highest BCUT2D eigenvalue weighted by molar-refractivity contribution is 5.23. The standard InChI is InChI=1S/C56H82N2/c1-3-39(36-57)45-32-33-47(51-24-12-11-23-50(45)51)43-30-28-40(29-31-43)38(2)44-20-9-10-22-49(44)55(37-58-56-27-15-19-42-18-7-8-21-48(42)56)54-35-34-46(41-16-5-4-6-17-41)52-25-13-14-26-53(52)54/h7,9-15,18,20,22-27,38-56,58H,3-6,8,16-17,19,21,28-37,57H2,1-2H3. The van der Waals surface area contributed by atoms with E-state index in [2.05, 4.69) is 116 Å². The lowest BCUT2D eigenvalue weighted by Crippen LogP contribution is -2.49. The second kappa shape index (κ2) is 19.3. The topological polar surface area (TPSA) is 38.0 Å². The largest absolute Gasteiger partial charge is 0.330 e. The van der Waals surface area contributed by atoms with Gasteiger partial charge in [0.05, 0.1) is 0 Å². The zero-order valence-corrected chi connectivity index (χ0v) is 36.7. The van der Waals surface area contributed by atoms with Crippen LogP contribution in [0.5, 0.6) is 0 Å². The Morgan fingerprint density at radius 3 is 1.88 bits per heavy atom. The summed E-state index contributed by atoms with van der Waals surface area (Å²) in [4.78, 5) is 0. The molecule has 0 radical (unpaired) electrons. The number of allylic oxidation sites excluding steroid dienone is 15. The molecule has 2 nitrogen and oxygen atoms in total. The first-order chi connectivity index (χ1) is 28.6. The summed E-state index contributed by atoms with van der Waals surface area (Å²) in [5, 5.41) is 4.37. The molecule has 0 heterocycles. The van der Waals surface area contributed by atoms with E-state index >= 15 is 0 Å². The van der Waals surface area contributed by atoms with Crippen molar-refractivity contribution < 1.29 is 0 Å². The zero-order valence-electron chi connectivity index (χ0n) is 36.7. The highest BCUT2D eigenvalue weighted by atomic mass is 14.9. The Hall–Kier alpha value is -2.16. The molecule has 3 N–H and O–H groups in total. The quantitative estimate of drug-likeness (QED) is 0.194. The van der Waals surface area contributed by atoms with Gasteiger partial charge in [0.2, 0.25) is 0 Å². The van der Waals surface area contributed by atoms with Crippen LogP contribution in [-0.2, 0) is 0 Å². The van der Waals surface area contributed by atoms with Crippen molar-refractivity contribution in [2.75, 3.05) is 13.1 Å². The number of nitrogens with one attached hydrogen (secondary N) is 1. The molecule has 316 valence electrons. The van der Waals surface area contributed by atoms with Gasteiger partial charge in [-0.15, -0.1) is 0 Å². The van der Waals surface area contributed by atoms with Crippen molar-refractivity contribution in [1.29, 1.82) is 0 Å². The summed E-state index contributed by atoms with van der Waals surface area (Å²) in [6.07, 6.45) is 64.4. The zero-order chi connectivity index (χ0) is 39.4. The first-order valence-corrected chi connectivity index (χ1v) is 25.4. The molecule has 16 atom stereocenters. The highest BCUT2D eigenvalue weighted by Gasteiger charge is 2.48. The van der Waals surface area contributed by atoms with Crippen LogP contribution >= 0.6 is 0 Å². The third-order valence-corrected chi connectivity index (χ3v) is 19.2. The second-order valence-electron chi connectivity index (χ2n) is 21.5. The predicted molar refractivity (Wildman–Crippen MR) is 247 cm³/mol. The molecule has 9 aliphatic carbocycles. The fourth-order valence-corrected chi connectivity index (χ4v) is 16.1. The van der Waals surface area contributed by atoms with Crippen molar-refractivity contribution in [3.63, 3.8) is 0 Å². The molecule has 2 heteroatoms. The van der Waals surface area contributed by atoms with Gasteiger partial charge in [-0.05, 0) is 190 Å². The van der Waals surface area contributed by atoms with Gasteiger partial charge in [-0.25, -0.2) is 0 Å². The summed E-state index contributed by atoms with van der Waals surface area (Å²) in [5.41, 5.74) is 6.36. The molecule has 58 heavy (non-hydrogen) atoms. The average molecular weight is 783 g/mol. The van der Waals surface area contributed by atoms with Crippen LogP contribution in [0.4, 0.5) is 0 Å². The minimum Gasteiger partial charge on any atom is -0.330 e. The second-order valence-corrected chi connectivity index (χ2v) is 21.5. The Morgan fingerprint density at radius 1 is 0.569 bits per heavy atom. The van der Waals surface area contributed by atoms with Gasteiger partial charge < -0.3 is 11.1 Å². The normalized spacial score (nSPS) is 43.7. The summed E-state index contributed by atoms with van der Waals surface area (Å²) in [5.74, 6) is 13.6. The first-order valence-electron chi connectivity index (χ1n) is 25.4. The predicted octanol–water partition coefficient (Wildman–Crippen LogP) is 13.2. The van der Waals surface area contributed by atoms with Crippen molar-refractivity contribution in [2.45, 2.75) is 129 Å². The fourth-order valence-electron chi connectivity index (χ4n) is 16.1.